The molecule has 0 N–H and O–H groups in total. The third-order valence-corrected chi connectivity index (χ3v) is 8.44. The summed E-state index contributed by atoms with van der Waals surface area (Å²) in [7, 11) is 0. The molecule has 8 rings (SSSR count). The van der Waals surface area contributed by atoms with E-state index in [1.807, 2.05) is 170 Å². The first-order valence-corrected chi connectivity index (χ1v) is 16.6. The molecule has 0 spiro atoms. The fraction of sp³-hybridized carbons (Fsp3) is 0.0227. The van der Waals surface area contributed by atoms with Gasteiger partial charge >= 0.3 is 0 Å². The van der Waals surface area contributed by atoms with Crippen molar-refractivity contribution in [1.82, 2.24) is 29.9 Å². The number of ketones is 1. The minimum Gasteiger partial charge on any atom is -0.294 e. The van der Waals surface area contributed by atoms with Gasteiger partial charge in [-0.05, 0) is 5.56 Å². The van der Waals surface area contributed by atoms with Crippen LogP contribution in [-0.2, 0) is 6.42 Å². The second-order valence-electron chi connectivity index (χ2n) is 12.0. The van der Waals surface area contributed by atoms with Gasteiger partial charge in [0.1, 0.15) is 0 Å². The minimum atomic E-state index is 0.0118. The summed E-state index contributed by atoms with van der Waals surface area (Å²) in [6, 6.07) is 54.8. The van der Waals surface area contributed by atoms with Gasteiger partial charge in [0, 0.05) is 45.4 Å². The van der Waals surface area contributed by atoms with Crippen LogP contribution in [0.2, 0.25) is 0 Å². The van der Waals surface area contributed by atoms with Crippen molar-refractivity contribution in [3.05, 3.63) is 181 Å². The predicted molar refractivity (Wildman–Crippen MR) is 200 cm³/mol. The normalized spacial score (nSPS) is 10.9. The van der Waals surface area contributed by atoms with Gasteiger partial charge in [0.15, 0.2) is 40.7 Å². The fourth-order valence-corrected chi connectivity index (χ4v) is 5.74. The Kier molecular flexibility index (Phi) is 8.74. The second kappa shape index (κ2) is 14.2. The van der Waals surface area contributed by atoms with Crippen molar-refractivity contribution in [1.29, 1.82) is 0 Å². The maximum Gasteiger partial charge on any atom is 0.167 e. The summed E-state index contributed by atoms with van der Waals surface area (Å²) in [5.41, 5.74) is 6.78. The highest BCUT2D eigenvalue weighted by molar-refractivity contribution is 5.98. The van der Waals surface area contributed by atoms with Gasteiger partial charge in [0.05, 0.1) is 0 Å². The van der Waals surface area contributed by atoms with Crippen molar-refractivity contribution < 1.29 is 4.79 Å². The molecule has 0 amide bonds. The SMILES string of the molecule is O=C(Cc1ccc(-c2nc(-c3ccccc3)nc(-c3ccccc3)n2)cc1)c1ccc(-c2nc(-c3ccccc3)nc(-c3ccccc3)n2)cc1. The predicted octanol–water partition coefficient (Wildman–Crippen LogP) is 9.48. The number of Topliss-reactive ketones (excluding diaryl/α,β-unsaturated/α-hetero) is 1. The van der Waals surface area contributed by atoms with Crippen molar-refractivity contribution in [2.24, 2.45) is 0 Å². The Bertz CT molecular complexity index is 2310. The molecule has 7 nitrogen and oxygen atoms in total. The Morgan fingerprint density at radius 1 is 0.314 bits per heavy atom. The Balaban J connectivity index is 1.03. The Morgan fingerprint density at radius 2 is 0.569 bits per heavy atom. The molecule has 6 aromatic carbocycles. The molecule has 0 atom stereocenters. The van der Waals surface area contributed by atoms with Crippen LogP contribution in [0, 0.1) is 0 Å². The summed E-state index contributed by atoms with van der Waals surface area (Å²) in [4.78, 5) is 42.2. The molecule has 8 aromatic rings. The Labute approximate surface area is 295 Å². The van der Waals surface area contributed by atoms with Crippen molar-refractivity contribution in [3.63, 3.8) is 0 Å². The first-order valence-electron chi connectivity index (χ1n) is 16.6. The van der Waals surface area contributed by atoms with Crippen LogP contribution in [0.5, 0.6) is 0 Å². The monoisotopic (exact) mass is 658 g/mol. The maximum atomic E-state index is 13.4. The number of aromatic nitrogens is 6. The molecular formula is C44H30N6O. The summed E-state index contributed by atoms with van der Waals surface area (Å²) < 4.78 is 0. The van der Waals surface area contributed by atoms with Gasteiger partial charge in [-0.15, -0.1) is 0 Å². The Morgan fingerprint density at radius 3 is 0.863 bits per heavy atom. The van der Waals surface area contributed by atoms with E-state index in [9.17, 15) is 4.79 Å². The topological polar surface area (TPSA) is 94.4 Å². The van der Waals surface area contributed by atoms with Crippen LogP contribution < -0.4 is 0 Å². The molecule has 0 fully saturated rings. The highest BCUT2D eigenvalue weighted by Crippen LogP contribution is 2.27. The van der Waals surface area contributed by atoms with E-state index in [4.69, 9.17) is 29.9 Å². The second-order valence-corrected chi connectivity index (χ2v) is 12.0. The number of carbonyl (C=O) groups excluding carboxylic acids is 1. The highest BCUT2D eigenvalue weighted by Gasteiger charge is 2.15. The summed E-state index contributed by atoms with van der Waals surface area (Å²) >= 11 is 0. The zero-order valence-electron chi connectivity index (χ0n) is 27.5. The molecule has 0 aliphatic rings. The van der Waals surface area contributed by atoms with Gasteiger partial charge in [-0.1, -0.05) is 170 Å². The molecule has 0 radical (unpaired) electrons. The summed E-state index contributed by atoms with van der Waals surface area (Å²) in [6.07, 6.45) is 0.253. The van der Waals surface area contributed by atoms with E-state index < -0.39 is 0 Å². The molecule has 0 aliphatic carbocycles. The number of benzene rings is 6. The lowest BCUT2D eigenvalue weighted by molar-refractivity contribution is 0.0993. The van der Waals surface area contributed by atoms with Gasteiger partial charge in [-0.25, -0.2) is 29.9 Å². The van der Waals surface area contributed by atoms with Crippen molar-refractivity contribution in [3.8, 4) is 68.3 Å². The summed E-state index contributed by atoms with van der Waals surface area (Å²) in [5, 5.41) is 0. The van der Waals surface area contributed by atoms with Crippen molar-refractivity contribution >= 4 is 5.78 Å². The van der Waals surface area contributed by atoms with E-state index in [0.29, 0.717) is 40.5 Å². The molecule has 7 heteroatoms. The van der Waals surface area contributed by atoms with Crippen LogP contribution in [0.4, 0.5) is 0 Å². The average Bonchev–Trinajstić information content (AvgIpc) is 3.22. The van der Waals surface area contributed by atoms with E-state index in [0.717, 1.165) is 38.9 Å². The number of hydrogen-bond acceptors (Lipinski definition) is 7. The van der Waals surface area contributed by atoms with Gasteiger partial charge in [0.25, 0.3) is 0 Å². The van der Waals surface area contributed by atoms with Crippen LogP contribution in [0.15, 0.2) is 170 Å². The van der Waals surface area contributed by atoms with Crippen LogP contribution in [0.1, 0.15) is 15.9 Å². The lowest BCUT2D eigenvalue weighted by Gasteiger charge is -2.09. The van der Waals surface area contributed by atoms with Crippen LogP contribution in [0.3, 0.4) is 0 Å². The smallest absolute Gasteiger partial charge is 0.167 e. The molecule has 0 unspecified atom stereocenters. The van der Waals surface area contributed by atoms with Crippen LogP contribution in [0.25, 0.3) is 68.3 Å². The van der Waals surface area contributed by atoms with Crippen LogP contribution in [-0.4, -0.2) is 35.7 Å². The largest absolute Gasteiger partial charge is 0.294 e. The summed E-state index contributed by atoms with van der Waals surface area (Å²) in [5.74, 6) is 3.51. The zero-order valence-corrected chi connectivity index (χ0v) is 27.5. The molecule has 2 aromatic heterocycles. The first-order chi connectivity index (χ1) is 25.2. The lowest BCUT2D eigenvalue weighted by atomic mass is 10.0. The molecule has 242 valence electrons. The average molecular weight is 659 g/mol. The number of rotatable bonds is 9. The molecular weight excluding hydrogens is 629 g/mol. The van der Waals surface area contributed by atoms with Crippen LogP contribution >= 0.6 is 0 Å². The van der Waals surface area contributed by atoms with Gasteiger partial charge in [0.2, 0.25) is 0 Å². The van der Waals surface area contributed by atoms with Gasteiger partial charge < -0.3 is 0 Å². The quantitative estimate of drug-likeness (QED) is 0.143. The third-order valence-electron chi connectivity index (χ3n) is 8.44. The number of carbonyl (C=O) groups is 1. The van der Waals surface area contributed by atoms with E-state index in [1.165, 1.54) is 0 Å². The molecule has 51 heavy (non-hydrogen) atoms. The minimum absolute atomic E-state index is 0.0118. The van der Waals surface area contributed by atoms with Crippen molar-refractivity contribution in [2.75, 3.05) is 0 Å². The van der Waals surface area contributed by atoms with Gasteiger partial charge in [-0.2, -0.15) is 0 Å². The number of hydrogen-bond donors (Lipinski definition) is 0. The van der Waals surface area contributed by atoms with E-state index in [2.05, 4.69) is 0 Å². The van der Waals surface area contributed by atoms with E-state index >= 15 is 0 Å². The third kappa shape index (κ3) is 7.09. The van der Waals surface area contributed by atoms with E-state index in [1.54, 1.807) is 0 Å². The molecule has 0 saturated heterocycles. The fourth-order valence-electron chi connectivity index (χ4n) is 5.74. The molecule has 0 saturated carbocycles. The highest BCUT2D eigenvalue weighted by atomic mass is 16.1. The first kappa shape index (κ1) is 31.3. The van der Waals surface area contributed by atoms with Gasteiger partial charge in [-0.3, -0.25) is 4.79 Å². The Hall–Kier alpha value is -6.99. The molecule has 0 bridgehead atoms. The number of nitrogens with zero attached hydrogens (tertiary/aromatic N) is 6. The standard InChI is InChI=1S/C44H30N6O/c51-38(31-25-27-37(28-26-31)44-49-41(34-17-9-3-10-18-34)46-42(50-44)35-19-11-4-12-20-35)29-30-21-23-36(24-22-30)43-47-39(32-13-5-1-6-14-32)45-40(48-43)33-15-7-2-8-16-33/h1-28H,29H2. The van der Waals surface area contributed by atoms with E-state index in [-0.39, 0.29) is 12.2 Å². The summed E-state index contributed by atoms with van der Waals surface area (Å²) in [6.45, 7) is 0. The molecule has 2 heterocycles. The van der Waals surface area contributed by atoms with Crippen molar-refractivity contribution in [2.45, 2.75) is 6.42 Å². The zero-order chi connectivity index (χ0) is 34.4. The maximum absolute atomic E-state index is 13.4. The molecule has 0 aliphatic heterocycles. The lowest BCUT2D eigenvalue weighted by Crippen LogP contribution is -2.04.